The molecule has 0 unspecified atom stereocenters. The van der Waals surface area contributed by atoms with Gasteiger partial charge in [0.25, 0.3) is 0 Å². The van der Waals surface area contributed by atoms with Crippen molar-refractivity contribution in [2.45, 2.75) is 11.5 Å². The molecule has 0 amide bonds. The van der Waals surface area contributed by atoms with E-state index in [0.717, 1.165) is 32.3 Å². The topological polar surface area (TPSA) is 26.0 Å². The van der Waals surface area contributed by atoms with Gasteiger partial charge in [-0.1, -0.05) is 51.8 Å². The van der Waals surface area contributed by atoms with Gasteiger partial charge in [0.2, 0.25) is 0 Å². The average Bonchev–Trinajstić information content (AvgIpc) is 2.34. The minimum atomic E-state index is 0.828. The van der Waals surface area contributed by atoms with Gasteiger partial charge in [-0.2, -0.15) is 11.8 Å². The van der Waals surface area contributed by atoms with Crippen molar-refractivity contribution in [3.63, 3.8) is 0 Å². The number of hydrogen-bond donors (Lipinski definition) is 1. The third-order valence-corrected chi connectivity index (χ3v) is 4.47. The largest absolute Gasteiger partial charge is 0.398 e. The van der Waals surface area contributed by atoms with Crippen LogP contribution in [0, 0.1) is 0 Å². The van der Waals surface area contributed by atoms with Crippen molar-refractivity contribution in [3.8, 4) is 0 Å². The first-order valence-electron chi connectivity index (χ1n) is 5.52. The molecule has 2 aromatic carbocycles. The molecule has 2 aromatic rings. The summed E-state index contributed by atoms with van der Waals surface area (Å²) in [5.74, 6) is 1.79. The maximum absolute atomic E-state index is 6.11. The van der Waals surface area contributed by atoms with E-state index in [9.17, 15) is 0 Å². The van der Waals surface area contributed by atoms with Gasteiger partial charge < -0.3 is 5.73 Å². The number of halogens is 2. The fourth-order valence-corrected chi connectivity index (χ4v) is 3.30. The quantitative estimate of drug-likeness (QED) is 0.781. The second-order valence-corrected chi connectivity index (χ2v) is 6.24. The summed E-state index contributed by atoms with van der Waals surface area (Å²) in [4.78, 5) is 0. The molecule has 1 nitrogen and oxygen atoms in total. The van der Waals surface area contributed by atoms with Crippen LogP contribution in [-0.2, 0) is 11.5 Å². The number of hydrogen-bond acceptors (Lipinski definition) is 2. The van der Waals surface area contributed by atoms with Gasteiger partial charge in [0, 0.05) is 26.7 Å². The predicted octanol–water partition coefficient (Wildman–Crippen LogP) is 5.12. The molecular weight excluding hydrogens is 330 g/mol. The summed E-state index contributed by atoms with van der Waals surface area (Å²) in [6.07, 6.45) is 0. The fraction of sp³-hybridized carbons (Fsp3) is 0.143. The summed E-state index contributed by atoms with van der Waals surface area (Å²) in [6, 6.07) is 13.9. The van der Waals surface area contributed by atoms with E-state index in [4.69, 9.17) is 17.3 Å². The number of rotatable bonds is 4. The molecule has 0 heterocycles. The number of nitrogens with two attached hydrogens (primary N) is 1. The van der Waals surface area contributed by atoms with E-state index in [1.165, 1.54) is 5.56 Å². The van der Waals surface area contributed by atoms with E-state index in [0.29, 0.717) is 0 Å². The van der Waals surface area contributed by atoms with E-state index in [1.807, 2.05) is 42.1 Å². The molecule has 0 aliphatic carbocycles. The van der Waals surface area contributed by atoms with Crippen LogP contribution >= 0.6 is 39.3 Å². The van der Waals surface area contributed by atoms with Crippen LogP contribution in [0.15, 0.2) is 46.9 Å². The van der Waals surface area contributed by atoms with Crippen LogP contribution in [0.2, 0.25) is 5.02 Å². The van der Waals surface area contributed by atoms with Crippen LogP contribution in [0.25, 0.3) is 0 Å². The zero-order valence-corrected chi connectivity index (χ0v) is 12.9. The van der Waals surface area contributed by atoms with Gasteiger partial charge in [-0.05, 0) is 29.3 Å². The monoisotopic (exact) mass is 341 g/mol. The maximum atomic E-state index is 6.11. The Morgan fingerprint density at radius 2 is 1.78 bits per heavy atom. The Morgan fingerprint density at radius 1 is 1.06 bits per heavy atom. The predicted molar refractivity (Wildman–Crippen MR) is 85.0 cm³/mol. The zero-order valence-electron chi connectivity index (χ0n) is 9.70. The molecule has 0 aromatic heterocycles. The van der Waals surface area contributed by atoms with Crippen LogP contribution in [0.4, 0.5) is 5.69 Å². The van der Waals surface area contributed by atoms with Crippen molar-refractivity contribution in [1.82, 2.24) is 0 Å². The van der Waals surface area contributed by atoms with E-state index < -0.39 is 0 Å². The van der Waals surface area contributed by atoms with Crippen molar-refractivity contribution in [1.29, 1.82) is 0 Å². The highest BCUT2D eigenvalue weighted by atomic mass is 79.9. The lowest BCUT2D eigenvalue weighted by Crippen LogP contribution is -1.93. The van der Waals surface area contributed by atoms with Crippen molar-refractivity contribution < 1.29 is 0 Å². The Balaban J connectivity index is 1.95. The standard InChI is InChI=1S/C14H13BrClNS/c15-12-6-5-11(14(17)7-12)9-18-8-10-3-1-2-4-13(10)16/h1-7H,8-9,17H2. The molecule has 0 aliphatic heterocycles. The van der Waals surface area contributed by atoms with Crippen LogP contribution in [0.1, 0.15) is 11.1 Å². The third-order valence-electron chi connectivity index (χ3n) is 2.58. The van der Waals surface area contributed by atoms with E-state index in [-0.39, 0.29) is 0 Å². The van der Waals surface area contributed by atoms with E-state index in [2.05, 4.69) is 28.1 Å². The van der Waals surface area contributed by atoms with Crippen LogP contribution in [-0.4, -0.2) is 0 Å². The molecule has 2 rings (SSSR count). The minimum absolute atomic E-state index is 0.828. The third kappa shape index (κ3) is 3.67. The summed E-state index contributed by atoms with van der Waals surface area (Å²) in [5.41, 5.74) is 9.12. The second-order valence-electron chi connectivity index (χ2n) is 3.93. The SMILES string of the molecule is Nc1cc(Br)ccc1CSCc1ccccc1Cl. The highest BCUT2D eigenvalue weighted by Crippen LogP contribution is 2.26. The Bertz CT molecular complexity index is 545. The number of nitrogen functional groups attached to an aromatic ring is 1. The molecule has 0 atom stereocenters. The molecule has 2 N–H and O–H groups in total. The summed E-state index contributed by atoms with van der Waals surface area (Å²) >= 11 is 11.3. The summed E-state index contributed by atoms with van der Waals surface area (Å²) in [5, 5.41) is 0.828. The van der Waals surface area contributed by atoms with E-state index >= 15 is 0 Å². The molecule has 0 fully saturated rings. The van der Waals surface area contributed by atoms with Gasteiger partial charge in [0.1, 0.15) is 0 Å². The molecule has 18 heavy (non-hydrogen) atoms. The van der Waals surface area contributed by atoms with E-state index in [1.54, 1.807) is 0 Å². The molecule has 0 saturated heterocycles. The summed E-state index contributed by atoms with van der Waals surface area (Å²) in [6.45, 7) is 0. The first kappa shape index (κ1) is 13.8. The van der Waals surface area contributed by atoms with Crippen LogP contribution in [0.3, 0.4) is 0 Å². The summed E-state index contributed by atoms with van der Waals surface area (Å²) in [7, 11) is 0. The zero-order chi connectivity index (χ0) is 13.0. The lowest BCUT2D eigenvalue weighted by molar-refractivity contribution is 1.36. The Morgan fingerprint density at radius 3 is 2.50 bits per heavy atom. The van der Waals surface area contributed by atoms with Crippen molar-refractivity contribution >= 4 is 45.0 Å². The molecule has 0 saturated carbocycles. The molecular formula is C14H13BrClNS. The van der Waals surface area contributed by atoms with Gasteiger partial charge in [-0.3, -0.25) is 0 Å². The lowest BCUT2D eigenvalue weighted by atomic mass is 10.2. The molecule has 94 valence electrons. The van der Waals surface area contributed by atoms with Gasteiger partial charge in [0.15, 0.2) is 0 Å². The van der Waals surface area contributed by atoms with Crippen molar-refractivity contribution in [3.05, 3.63) is 63.1 Å². The Labute approximate surface area is 125 Å². The number of anilines is 1. The normalized spacial score (nSPS) is 10.6. The molecule has 4 heteroatoms. The van der Waals surface area contributed by atoms with Gasteiger partial charge in [0.05, 0.1) is 0 Å². The van der Waals surface area contributed by atoms with Crippen LogP contribution in [0.5, 0.6) is 0 Å². The molecule has 0 bridgehead atoms. The van der Waals surface area contributed by atoms with Gasteiger partial charge in [-0.15, -0.1) is 0 Å². The molecule has 0 radical (unpaired) electrons. The minimum Gasteiger partial charge on any atom is -0.398 e. The number of thioether (sulfide) groups is 1. The molecule has 0 aliphatic rings. The van der Waals surface area contributed by atoms with Gasteiger partial charge in [-0.25, -0.2) is 0 Å². The maximum Gasteiger partial charge on any atom is 0.0446 e. The second kappa shape index (κ2) is 6.50. The highest BCUT2D eigenvalue weighted by molar-refractivity contribution is 9.10. The first-order chi connectivity index (χ1) is 8.66. The average molecular weight is 343 g/mol. The fourth-order valence-electron chi connectivity index (χ4n) is 1.58. The Kier molecular flexibility index (Phi) is 4.98. The number of benzene rings is 2. The van der Waals surface area contributed by atoms with Crippen molar-refractivity contribution in [2.75, 3.05) is 5.73 Å². The van der Waals surface area contributed by atoms with Gasteiger partial charge >= 0.3 is 0 Å². The Hall–Kier alpha value is -0.640. The first-order valence-corrected chi connectivity index (χ1v) is 7.84. The van der Waals surface area contributed by atoms with Crippen LogP contribution < -0.4 is 5.73 Å². The molecule has 0 spiro atoms. The summed E-state index contributed by atoms with van der Waals surface area (Å²) < 4.78 is 1.01. The lowest BCUT2D eigenvalue weighted by Gasteiger charge is -2.07. The highest BCUT2D eigenvalue weighted by Gasteiger charge is 2.02. The smallest absolute Gasteiger partial charge is 0.0446 e. The van der Waals surface area contributed by atoms with Crippen molar-refractivity contribution in [2.24, 2.45) is 0 Å².